The molecule has 0 radical (unpaired) electrons. The minimum atomic E-state index is 0.112. The Labute approximate surface area is 110 Å². The highest BCUT2D eigenvalue weighted by atomic mass is 79.9. The van der Waals surface area contributed by atoms with Gasteiger partial charge in [0.25, 0.3) is 0 Å². The fraction of sp³-hybridized carbons (Fsp3) is 0.462. The van der Waals surface area contributed by atoms with Gasteiger partial charge < -0.3 is 11.1 Å². The van der Waals surface area contributed by atoms with Crippen molar-refractivity contribution in [2.24, 2.45) is 11.8 Å². The average Bonchev–Trinajstić information content (AvgIpc) is 2.70. The highest BCUT2D eigenvalue weighted by Gasteiger charge is 2.29. The molecule has 17 heavy (non-hydrogen) atoms. The number of nitrogen functional groups attached to an aromatic ring is 1. The lowest BCUT2D eigenvalue weighted by atomic mass is 9.97. The van der Waals surface area contributed by atoms with Crippen molar-refractivity contribution in [2.75, 3.05) is 11.1 Å². The van der Waals surface area contributed by atoms with Crippen LogP contribution in [0.5, 0.6) is 0 Å². The summed E-state index contributed by atoms with van der Waals surface area (Å²) in [7, 11) is 0. The summed E-state index contributed by atoms with van der Waals surface area (Å²) in [6.07, 6.45) is 3.29. The number of carbonyl (C=O) groups is 1. The third kappa shape index (κ3) is 2.80. The number of nitrogens with one attached hydrogen (secondary N) is 1. The van der Waals surface area contributed by atoms with Crippen molar-refractivity contribution in [1.29, 1.82) is 0 Å². The van der Waals surface area contributed by atoms with Gasteiger partial charge in [-0.3, -0.25) is 4.79 Å². The van der Waals surface area contributed by atoms with Crippen LogP contribution in [0.15, 0.2) is 22.7 Å². The maximum atomic E-state index is 12.1. The van der Waals surface area contributed by atoms with Crippen molar-refractivity contribution in [1.82, 2.24) is 0 Å². The Bertz CT molecular complexity index is 433. The van der Waals surface area contributed by atoms with Crippen molar-refractivity contribution in [2.45, 2.75) is 26.2 Å². The van der Waals surface area contributed by atoms with E-state index in [2.05, 4.69) is 28.2 Å². The second-order valence-electron chi connectivity index (χ2n) is 4.74. The van der Waals surface area contributed by atoms with Crippen molar-refractivity contribution < 1.29 is 4.79 Å². The minimum absolute atomic E-state index is 0.112. The van der Waals surface area contributed by atoms with Gasteiger partial charge in [0.1, 0.15) is 0 Å². The third-order valence-corrected chi connectivity index (χ3v) is 4.14. The van der Waals surface area contributed by atoms with Crippen LogP contribution in [0.25, 0.3) is 0 Å². The monoisotopic (exact) mass is 296 g/mol. The number of anilines is 2. The molecular formula is C13H17BrN2O. The molecule has 0 spiro atoms. The standard InChI is InChI=1S/C13H17BrN2O/c1-8-3-2-4-10(8)13(17)16-12-7-9(15)5-6-11(12)14/h5-8,10H,2-4,15H2,1H3,(H,16,17). The Morgan fingerprint density at radius 3 is 2.88 bits per heavy atom. The minimum Gasteiger partial charge on any atom is -0.399 e. The van der Waals surface area contributed by atoms with Gasteiger partial charge in [-0.05, 0) is 52.9 Å². The molecule has 92 valence electrons. The van der Waals surface area contributed by atoms with Gasteiger partial charge in [-0.15, -0.1) is 0 Å². The first kappa shape index (κ1) is 12.4. The predicted molar refractivity (Wildman–Crippen MR) is 73.7 cm³/mol. The van der Waals surface area contributed by atoms with Gasteiger partial charge in [-0.2, -0.15) is 0 Å². The molecule has 1 aliphatic rings. The van der Waals surface area contributed by atoms with Crippen LogP contribution in [0, 0.1) is 11.8 Å². The van der Waals surface area contributed by atoms with E-state index >= 15 is 0 Å². The normalized spacial score (nSPS) is 23.6. The summed E-state index contributed by atoms with van der Waals surface area (Å²) >= 11 is 3.41. The summed E-state index contributed by atoms with van der Waals surface area (Å²) in [5.41, 5.74) is 7.13. The molecule has 1 aliphatic carbocycles. The number of halogens is 1. The van der Waals surface area contributed by atoms with Crippen molar-refractivity contribution in [3.63, 3.8) is 0 Å². The van der Waals surface area contributed by atoms with E-state index in [-0.39, 0.29) is 11.8 Å². The van der Waals surface area contributed by atoms with Gasteiger partial charge in [0.2, 0.25) is 5.91 Å². The van der Waals surface area contributed by atoms with E-state index in [0.29, 0.717) is 11.6 Å². The number of rotatable bonds is 2. The third-order valence-electron chi connectivity index (χ3n) is 3.45. The Kier molecular flexibility index (Phi) is 3.72. The second kappa shape index (κ2) is 5.08. The molecular weight excluding hydrogens is 280 g/mol. The molecule has 3 nitrogen and oxygen atoms in total. The zero-order valence-corrected chi connectivity index (χ0v) is 11.5. The highest BCUT2D eigenvalue weighted by Crippen LogP contribution is 2.33. The van der Waals surface area contributed by atoms with Crippen LogP contribution in [0.3, 0.4) is 0 Å². The van der Waals surface area contributed by atoms with Crippen molar-refractivity contribution in [3.05, 3.63) is 22.7 Å². The molecule has 2 atom stereocenters. The summed E-state index contributed by atoms with van der Waals surface area (Å²) in [6.45, 7) is 2.14. The largest absolute Gasteiger partial charge is 0.399 e. The number of hydrogen-bond donors (Lipinski definition) is 2. The molecule has 4 heteroatoms. The number of amides is 1. The Balaban J connectivity index is 2.10. The zero-order chi connectivity index (χ0) is 12.4. The molecule has 0 heterocycles. The molecule has 0 saturated heterocycles. The average molecular weight is 297 g/mol. The first-order chi connectivity index (χ1) is 8.08. The zero-order valence-electron chi connectivity index (χ0n) is 9.87. The molecule has 2 unspecified atom stereocenters. The smallest absolute Gasteiger partial charge is 0.227 e. The number of benzene rings is 1. The molecule has 1 amide bonds. The van der Waals surface area contributed by atoms with E-state index in [9.17, 15) is 4.79 Å². The molecule has 1 saturated carbocycles. The van der Waals surface area contributed by atoms with E-state index in [4.69, 9.17) is 5.73 Å². The topological polar surface area (TPSA) is 55.1 Å². The number of nitrogens with two attached hydrogens (primary N) is 1. The molecule has 0 aliphatic heterocycles. The Morgan fingerprint density at radius 2 is 2.24 bits per heavy atom. The summed E-state index contributed by atoms with van der Waals surface area (Å²) in [5, 5.41) is 2.96. The first-order valence-corrected chi connectivity index (χ1v) is 6.73. The van der Waals surface area contributed by atoms with Gasteiger partial charge in [0, 0.05) is 16.1 Å². The van der Waals surface area contributed by atoms with Crippen LogP contribution in [0.4, 0.5) is 11.4 Å². The van der Waals surface area contributed by atoms with Crippen molar-refractivity contribution >= 4 is 33.2 Å². The molecule has 1 fully saturated rings. The lowest BCUT2D eigenvalue weighted by molar-refractivity contribution is -0.120. The summed E-state index contributed by atoms with van der Waals surface area (Å²) in [4.78, 5) is 12.1. The van der Waals surface area contributed by atoms with Crippen LogP contribution in [0.1, 0.15) is 26.2 Å². The fourth-order valence-corrected chi connectivity index (χ4v) is 2.74. The summed E-state index contributed by atoms with van der Waals surface area (Å²) in [6, 6.07) is 5.43. The summed E-state index contributed by atoms with van der Waals surface area (Å²) < 4.78 is 0.866. The molecule has 1 aromatic rings. The first-order valence-electron chi connectivity index (χ1n) is 5.94. The molecule has 0 aromatic heterocycles. The molecule has 3 N–H and O–H groups in total. The second-order valence-corrected chi connectivity index (χ2v) is 5.60. The van der Waals surface area contributed by atoms with E-state index < -0.39 is 0 Å². The molecule has 1 aromatic carbocycles. The number of carbonyl (C=O) groups excluding carboxylic acids is 1. The Morgan fingerprint density at radius 1 is 1.47 bits per heavy atom. The molecule has 0 bridgehead atoms. The van der Waals surface area contributed by atoms with Crippen molar-refractivity contribution in [3.8, 4) is 0 Å². The predicted octanol–water partition coefficient (Wildman–Crippen LogP) is 3.41. The highest BCUT2D eigenvalue weighted by molar-refractivity contribution is 9.10. The van der Waals surface area contributed by atoms with E-state index in [0.717, 1.165) is 29.4 Å². The van der Waals surface area contributed by atoms with Gasteiger partial charge in [-0.25, -0.2) is 0 Å². The van der Waals surface area contributed by atoms with Gasteiger partial charge >= 0.3 is 0 Å². The summed E-state index contributed by atoms with van der Waals surface area (Å²) in [5.74, 6) is 0.736. The molecule has 2 rings (SSSR count). The maximum Gasteiger partial charge on any atom is 0.227 e. The lowest BCUT2D eigenvalue weighted by Gasteiger charge is -2.16. The fourth-order valence-electron chi connectivity index (χ4n) is 2.40. The lowest BCUT2D eigenvalue weighted by Crippen LogP contribution is -2.24. The van der Waals surface area contributed by atoms with Crippen LogP contribution in [-0.4, -0.2) is 5.91 Å². The number of hydrogen-bond acceptors (Lipinski definition) is 2. The SMILES string of the molecule is CC1CCCC1C(=O)Nc1cc(N)ccc1Br. The Hall–Kier alpha value is -1.03. The van der Waals surface area contributed by atoms with Crippen LogP contribution >= 0.6 is 15.9 Å². The van der Waals surface area contributed by atoms with Crippen LogP contribution in [0.2, 0.25) is 0 Å². The van der Waals surface area contributed by atoms with Crippen LogP contribution < -0.4 is 11.1 Å². The van der Waals surface area contributed by atoms with Gasteiger partial charge in [0.05, 0.1) is 5.69 Å². The quantitative estimate of drug-likeness (QED) is 0.822. The van der Waals surface area contributed by atoms with E-state index in [1.165, 1.54) is 0 Å². The van der Waals surface area contributed by atoms with E-state index in [1.807, 2.05) is 6.07 Å². The van der Waals surface area contributed by atoms with Gasteiger partial charge in [-0.1, -0.05) is 13.3 Å². The maximum absolute atomic E-state index is 12.1. The van der Waals surface area contributed by atoms with Crippen LogP contribution in [-0.2, 0) is 4.79 Å². The van der Waals surface area contributed by atoms with Gasteiger partial charge in [0.15, 0.2) is 0 Å². The van der Waals surface area contributed by atoms with E-state index in [1.54, 1.807) is 12.1 Å².